The summed E-state index contributed by atoms with van der Waals surface area (Å²) in [7, 11) is 1.34. The van der Waals surface area contributed by atoms with Gasteiger partial charge in [-0.15, -0.1) is 0 Å². The number of unbranched alkanes of at least 4 members (excludes halogenated alkanes) is 4. The molecule has 0 heterocycles. The van der Waals surface area contributed by atoms with Gasteiger partial charge in [0.25, 0.3) is 0 Å². The first-order valence-electron chi connectivity index (χ1n) is 9.57. The predicted octanol–water partition coefficient (Wildman–Crippen LogP) is 4.72. The fraction of sp³-hybridized carbons (Fsp3) is 0.947. The van der Waals surface area contributed by atoms with Crippen LogP contribution in [0.25, 0.3) is 0 Å². The molecule has 0 spiro atoms. The Morgan fingerprint density at radius 2 is 1.09 bits per heavy atom. The van der Waals surface area contributed by atoms with Crippen molar-refractivity contribution >= 4 is 5.97 Å². The van der Waals surface area contributed by atoms with Gasteiger partial charge in [-0.25, -0.2) is 4.79 Å². The van der Waals surface area contributed by atoms with E-state index < -0.39 is 5.97 Å². The number of quaternary nitrogens is 1. The van der Waals surface area contributed by atoms with E-state index in [9.17, 15) is 4.79 Å². The number of carboxylic acids is 1. The lowest BCUT2D eigenvalue weighted by Crippen LogP contribution is -2.50. The molecule has 0 amide bonds. The first-order chi connectivity index (χ1) is 11.0. The van der Waals surface area contributed by atoms with E-state index in [2.05, 4.69) is 32.4 Å². The van der Waals surface area contributed by atoms with E-state index in [1.54, 1.807) is 0 Å². The zero-order valence-electron chi connectivity index (χ0n) is 16.4. The van der Waals surface area contributed by atoms with Crippen LogP contribution in [-0.4, -0.2) is 55.5 Å². The molecule has 0 unspecified atom stereocenters. The molecule has 0 saturated carbocycles. The predicted molar refractivity (Wildman–Crippen MR) is 98.9 cm³/mol. The molecule has 0 aliphatic carbocycles. The van der Waals surface area contributed by atoms with Crippen LogP contribution in [0.15, 0.2) is 0 Å². The number of methoxy groups -OCH3 is 1. The molecule has 0 atom stereocenters. The number of hydrogen-bond acceptors (Lipinski definition) is 2. The van der Waals surface area contributed by atoms with Crippen molar-refractivity contribution in [3.8, 4) is 0 Å². The van der Waals surface area contributed by atoms with Gasteiger partial charge in [0, 0.05) is 7.11 Å². The van der Waals surface area contributed by atoms with Gasteiger partial charge in [-0.2, -0.15) is 0 Å². The van der Waals surface area contributed by atoms with Crippen LogP contribution < -0.4 is 0 Å². The van der Waals surface area contributed by atoms with E-state index in [0.29, 0.717) is 0 Å². The second-order valence-electron chi connectivity index (χ2n) is 6.48. The van der Waals surface area contributed by atoms with Crippen molar-refractivity contribution in [3.63, 3.8) is 0 Å². The number of aliphatic carboxylic acids is 1. The summed E-state index contributed by atoms with van der Waals surface area (Å²) >= 11 is 0. The number of ether oxygens (including phenoxy) is 1. The van der Waals surface area contributed by atoms with Crippen molar-refractivity contribution in [3.05, 3.63) is 0 Å². The highest BCUT2D eigenvalue weighted by Gasteiger charge is 2.24. The summed E-state index contributed by atoms with van der Waals surface area (Å²) in [5.41, 5.74) is 0. The van der Waals surface area contributed by atoms with Crippen molar-refractivity contribution in [2.45, 2.75) is 79.1 Å². The number of rotatable bonds is 14. The molecule has 0 radical (unpaired) electrons. The molecule has 0 saturated heterocycles. The van der Waals surface area contributed by atoms with Gasteiger partial charge in [0.05, 0.1) is 26.2 Å². The molecule has 0 rings (SSSR count). The lowest BCUT2D eigenvalue weighted by Gasteiger charge is -2.39. The smallest absolute Gasteiger partial charge is 0.329 e. The summed E-state index contributed by atoms with van der Waals surface area (Å²) in [6.45, 7) is 14.8. The highest BCUT2D eigenvalue weighted by Crippen LogP contribution is 2.16. The Bertz CT molecular complexity index is 219. The number of carbonyl (C=O) groups is 1. The molecule has 0 fully saturated rings. The van der Waals surface area contributed by atoms with Crippen LogP contribution in [0.4, 0.5) is 0 Å². The fourth-order valence-electron chi connectivity index (χ4n) is 2.77. The Hall–Kier alpha value is -0.610. The quantitative estimate of drug-likeness (QED) is 0.468. The van der Waals surface area contributed by atoms with E-state index in [-0.39, 0.29) is 6.61 Å². The second-order valence-corrected chi connectivity index (χ2v) is 6.48. The van der Waals surface area contributed by atoms with E-state index in [1.807, 2.05) is 0 Å². The normalized spacial score (nSPS) is 11.0. The van der Waals surface area contributed by atoms with E-state index in [4.69, 9.17) is 5.11 Å². The minimum atomic E-state index is -0.933. The Balaban J connectivity index is 0. The average Bonchev–Trinajstić information content (AvgIpc) is 2.54. The monoisotopic (exact) mass is 332 g/mol. The number of nitrogens with zero attached hydrogens (tertiary/aromatic N) is 1. The third-order valence-electron chi connectivity index (χ3n) is 4.21. The number of carboxylic acid groups (broad SMARTS) is 1. The van der Waals surface area contributed by atoms with Crippen molar-refractivity contribution in [1.29, 1.82) is 0 Å². The highest BCUT2D eigenvalue weighted by atomic mass is 16.5. The first-order valence-corrected chi connectivity index (χ1v) is 9.57. The second kappa shape index (κ2) is 17.7. The zero-order chi connectivity index (χ0) is 18.0. The van der Waals surface area contributed by atoms with Crippen molar-refractivity contribution in [1.82, 2.24) is 0 Å². The molecule has 4 heteroatoms. The zero-order valence-corrected chi connectivity index (χ0v) is 16.4. The largest absolute Gasteiger partial charge is 0.480 e. The minimum absolute atomic E-state index is 0.208. The van der Waals surface area contributed by atoms with Gasteiger partial charge in [0.1, 0.15) is 6.61 Å². The van der Waals surface area contributed by atoms with Gasteiger partial charge in [0.2, 0.25) is 0 Å². The molecule has 0 aromatic heterocycles. The van der Waals surface area contributed by atoms with Crippen LogP contribution in [0, 0.1) is 0 Å². The van der Waals surface area contributed by atoms with Gasteiger partial charge in [-0.3, -0.25) is 0 Å². The Kier molecular flexibility index (Phi) is 19.0. The van der Waals surface area contributed by atoms with E-state index in [1.165, 1.54) is 89.1 Å². The SMILES string of the molecule is CCCC[N+](CCCC)(CCCC)CCCC.COCC(=O)O. The summed E-state index contributed by atoms with van der Waals surface area (Å²) < 4.78 is 5.62. The van der Waals surface area contributed by atoms with Crippen LogP contribution in [0.2, 0.25) is 0 Å². The average molecular weight is 333 g/mol. The molecule has 0 aromatic rings. The Morgan fingerprint density at radius 3 is 1.22 bits per heavy atom. The standard InChI is InChI=1S/C16H36N.C3H6O3/c1-5-9-13-17(14-10-6-2,15-11-7-3)16-12-8-4;1-6-2-3(4)5/h5-16H2,1-4H3;2H2,1H3,(H,4,5)/q+1;. The van der Waals surface area contributed by atoms with Crippen molar-refractivity contribution in [2.75, 3.05) is 39.9 Å². The van der Waals surface area contributed by atoms with Gasteiger partial charge >= 0.3 is 5.97 Å². The first kappa shape index (κ1) is 24.6. The van der Waals surface area contributed by atoms with Crippen LogP contribution in [-0.2, 0) is 9.53 Å². The summed E-state index contributed by atoms with van der Waals surface area (Å²) in [6, 6.07) is 0. The third-order valence-corrected chi connectivity index (χ3v) is 4.21. The minimum Gasteiger partial charge on any atom is -0.480 e. The highest BCUT2D eigenvalue weighted by molar-refractivity contribution is 5.67. The van der Waals surface area contributed by atoms with Gasteiger partial charge in [-0.05, 0) is 25.7 Å². The van der Waals surface area contributed by atoms with Crippen molar-refractivity contribution < 1.29 is 19.1 Å². The molecule has 4 nitrogen and oxygen atoms in total. The van der Waals surface area contributed by atoms with Gasteiger partial charge < -0.3 is 14.3 Å². The molecule has 0 aliphatic heterocycles. The molecule has 1 N–H and O–H groups in total. The lowest BCUT2D eigenvalue weighted by molar-refractivity contribution is -0.929. The summed E-state index contributed by atoms with van der Waals surface area (Å²) in [5.74, 6) is -0.933. The van der Waals surface area contributed by atoms with Crippen LogP contribution in [0.1, 0.15) is 79.1 Å². The molecular weight excluding hydrogens is 290 g/mol. The Labute approximate surface area is 144 Å². The van der Waals surface area contributed by atoms with Crippen molar-refractivity contribution in [2.24, 2.45) is 0 Å². The molecule has 0 aromatic carbocycles. The maximum Gasteiger partial charge on any atom is 0.329 e. The van der Waals surface area contributed by atoms with E-state index in [0.717, 1.165) is 0 Å². The summed E-state index contributed by atoms with van der Waals surface area (Å²) in [4.78, 5) is 9.47. The van der Waals surface area contributed by atoms with Crippen LogP contribution in [0.3, 0.4) is 0 Å². The maximum absolute atomic E-state index is 9.47. The van der Waals surface area contributed by atoms with E-state index >= 15 is 0 Å². The number of hydrogen-bond donors (Lipinski definition) is 1. The third kappa shape index (κ3) is 16.0. The lowest BCUT2D eigenvalue weighted by atomic mass is 10.1. The molecule has 0 aliphatic rings. The Morgan fingerprint density at radius 1 is 0.783 bits per heavy atom. The molecule has 23 heavy (non-hydrogen) atoms. The maximum atomic E-state index is 9.47. The molecular formula is C19H42NO3+. The molecule has 0 bridgehead atoms. The van der Waals surface area contributed by atoms with Gasteiger partial charge in [0.15, 0.2) is 0 Å². The molecule has 140 valence electrons. The summed E-state index contributed by atoms with van der Waals surface area (Å²) in [6.07, 6.45) is 11.1. The topological polar surface area (TPSA) is 46.5 Å². The van der Waals surface area contributed by atoms with Crippen LogP contribution in [0.5, 0.6) is 0 Å². The van der Waals surface area contributed by atoms with Crippen LogP contribution >= 0.6 is 0 Å². The van der Waals surface area contributed by atoms with Gasteiger partial charge in [-0.1, -0.05) is 53.4 Å². The fourth-order valence-corrected chi connectivity index (χ4v) is 2.77. The summed E-state index contributed by atoms with van der Waals surface area (Å²) in [5, 5.41) is 7.79.